The zero-order valence-electron chi connectivity index (χ0n) is 12.8. The third-order valence-corrected chi connectivity index (χ3v) is 2.77. The Balaban J connectivity index is 2.27. The molecule has 1 atom stereocenters. The predicted octanol–water partition coefficient (Wildman–Crippen LogP) is 1.57. The first-order chi connectivity index (χ1) is 9.67. The molecule has 0 radical (unpaired) electrons. The van der Waals surface area contributed by atoms with Crippen molar-refractivity contribution in [1.82, 2.24) is 10.6 Å². The number of hydrogen-bond acceptors (Lipinski definition) is 3. The molecule has 1 aromatic rings. The molecule has 5 heteroatoms. The van der Waals surface area contributed by atoms with Crippen molar-refractivity contribution in [1.29, 1.82) is 0 Å². The highest BCUT2D eigenvalue weighted by atomic mass is 16.5. The molecule has 0 saturated heterocycles. The average Bonchev–Trinajstić information content (AvgIpc) is 2.44. The van der Waals surface area contributed by atoms with Gasteiger partial charge in [0.2, 0.25) is 0 Å². The molecule has 2 N–H and O–H groups in total. The van der Waals surface area contributed by atoms with Gasteiger partial charge in [-0.25, -0.2) is 0 Å². The molecule has 112 valence electrons. The quantitative estimate of drug-likeness (QED) is 0.452. The van der Waals surface area contributed by atoms with Gasteiger partial charge in [-0.2, -0.15) is 0 Å². The fourth-order valence-corrected chi connectivity index (χ4v) is 1.77. The fraction of sp³-hybridized carbons (Fsp3) is 0.533. The summed E-state index contributed by atoms with van der Waals surface area (Å²) in [6.07, 6.45) is 0. The highest BCUT2D eigenvalue weighted by Crippen LogP contribution is 2.15. The first-order valence-electron chi connectivity index (χ1n) is 6.82. The Kier molecular flexibility index (Phi) is 7.50. The number of rotatable bonds is 7. The van der Waals surface area contributed by atoms with E-state index in [0.29, 0.717) is 19.8 Å². The largest absolute Gasteiger partial charge is 0.491 e. The van der Waals surface area contributed by atoms with Crippen molar-refractivity contribution >= 4 is 5.96 Å². The van der Waals surface area contributed by atoms with Gasteiger partial charge in [-0.1, -0.05) is 18.2 Å². The summed E-state index contributed by atoms with van der Waals surface area (Å²) in [4.78, 5) is 4.16. The summed E-state index contributed by atoms with van der Waals surface area (Å²) in [5.41, 5.74) is 1.14. The van der Waals surface area contributed by atoms with E-state index in [1.54, 1.807) is 14.2 Å². The third-order valence-electron chi connectivity index (χ3n) is 2.77. The molecule has 1 aromatic carbocycles. The Morgan fingerprint density at radius 2 is 2.10 bits per heavy atom. The van der Waals surface area contributed by atoms with E-state index in [0.717, 1.165) is 17.3 Å². The van der Waals surface area contributed by atoms with Gasteiger partial charge in [0, 0.05) is 20.2 Å². The van der Waals surface area contributed by atoms with Crippen LogP contribution < -0.4 is 15.4 Å². The van der Waals surface area contributed by atoms with E-state index >= 15 is 0 Å². The zero-order chi connectivity index (χ0) is 14.8. The molecule has 0 aromatic heterocycles. The molecule has 0 heterocycles. The van der Waals surface area contributed by atoms with Gasteiger partial charge in [0.1, 0.15) is 12.4 Å². The lowest BCUT2D eigenvalue weighted by atomic mass is 10.2. The van der Waals surface area contributed by atoms with E-state index in [4.69, 9.17) is 9.47 Å². The van der Waals surface area contributed by atoms with Crippen molar-refractivity contribution in [2.45, 2.75) is 19.9 Å². The SMILES string of the molecule is CN=C(NCCOc1ccccc1C)NC(C)COC. The van der Waals surface area contributed by atoms with Gasteiger partial charge >= 0.3 is 0 Å². The molecule has 0 amide bonds. The Bertz CT molecular complexity index is 421. The van der Waals surface area contributed by atoms with Crippen LogP contribution in [0.4, 0.5) is 0 Å². The van der Waals surface area contributed by atoms with Crippen molar-refractivity contribution in [3.8, 4) is 5.75 Å². The van der Waals surface area contributed by atoms with Crippen LogP contribution in [0.2, 0.25) is 0 Å². The van der Waals surface area contributed by atoms with Crippen LogP contribution in [0.1, 0.15) is 12.5 Å². The van der Waals surface area contributed by atoms with Crippen LogP contribution in [0.15, 0.2) is 29.3 Å². The Labute approximate surface area is 121 Å². The predicted molar refractivity (Wildman–Crippen MR) is 82.5 cm³/mol. The van der Waals surface area contributed by atoms with Crippen LogP contribution in [-0.2, 0) is 4.74 Å². The number of guanidine groups is 1. The zero-order valence-corrected chi connectivity index (χ0v) is 12.8. The summed E-state index contributed by atoms with van der Waals surface area (Å²) >= 11 is 0. The lowest BCUT2D eigenvalue weighted by Gasteiger charge is -2.17. The average molecular weight is 279 g/mol. The molecular formula is C15H25N3O2. The van der Waals surface area contributed by atoms with E-state index < -0.39 is 0 Å². The second-order valence-electron chi connectivity index (χ2n) is 4.61. The van der Waals surface area contributed by atoms with Crippen molar-refractivity contribution in [3.05, 3.63) is 29.8 Å². The van der Waals surface area contributed by atoms with Crippen LogP contribution in [0.25, 0.3) is 0 Å². The number of hydrogen-bond donors (Lipinski definition) is 2. The maximum Gasteiger partial charge on any atom is 0.191 e. The minimum absolute atomic E-state index is 0.212. The fourth-order valence-electron chi connectivity index (χ4n) is 1.77. The number of aryl methyl sites for hydroxylation is 1. The summed E-state index contributed by atoms with van der Waals surface area (Å²) in [6.45, 7) is 5.99. The monoisotopic (exact) mass is 279 g/mol. The number of ether oxygens (including phenoxy) is 2. The Morgan fingerprint density at radius 3 is 2.75 bits per heavy atom. The summed E-state index contributed by atoms with van der Waals surface area (Å²) in [5, 5.41) is 6.44. The first kappa shape index (κ1) is 16.3. The summed E-state index contributed by atoms with van der Waals surface area (Å²) in [6, 6.07) is 8.20. The number of aliphatic imine (C=N–C) groups is 1. The van der Waals surface area contributed by atoms with E-state index in [1.165, 1.54) is 0 Å². The molecule has 1 unspecified atom stereocenters. The normalized spacial score (nSPS) is 12.9. The molecule has 5 nitrogen and oxygen atoms in total. The van der Waals surface area contributed by atoms with E-state index in [9.17, 15) is 0 Å². The molecule has 0 fully saturated rings. The Morgan fingerprint density at radius 1 is 1.35 bits per heavy atom. The topological polar surface area (TPSA) is 54.9 Å². The lowest BCUT2D eigenvalue weighted by molar-refractivity contribution is 0.179. The minimum atomic E-state index is 0.212. The summed E-state index contributed by atoms with van der Waals surface area (Å²) in [5.74, 6) is 1.67. The van der Waals surface area contributed by atoms with E-state index in [1.807, 2.05) is 38.1 Å². The van der Waals surface area contributed by atoms with Gasteiger partial charge in [-0.15, -0.1) is 0 Å². The van der Waals surface area contributed by atoms with E-state index in [2.05, 4.69) is 15.6 Å². The number of methoxy groups -OCH3 is 1. The molecule has 20 heavy (non-hydrogen) atoms. The van der Waals surface area contributed by atoms with Gasteiger partial charge in [0.05, 0.1) is 13.2 Å². The molecule has 0 aliphatic rings. The number of para-hydroxylation sites is 1. The summed E-state index contributed by atoms with van der Waals surface area (Å²) < 4.78 is 10.8. The van der Waals surface area contributed by atoms with Crippen LogP contribution >= 0.6 is 0 Å². The molecule has 0 aliphatic heterocycles. The lowest BCUT2D eigenvalue weighted by Crippen LogP contribution is -2.45. The van der Waals surface area contributed by atoms with E-state index in [-0.39, 0.29) is 6.04 Å². The second-order valence-corrected chi connectivity index (χ2v) is 4.61. The van der Waals surface area contributed by atoms with Crippen molar-refractivity contribution in [2.24, 2.45) is 4.99 Å². The number of nitrogens with one attached hydrogen (secondary N) is 2. The molecule has 0 bridgehead atoms. The van der Waals surface area contributed by atoms with Crippen LogP contribution in [0.5, 0.6) is 5.75 Å². The smallest absolute Gasteiger partial charge is 0.191 e. The van der Waals surface area contributed by atoms with Crippen molar-refractivity contribution in [2.75, 3.05) is 33.9 Å². The highest BCUT2D eigenvalue weighted by molar-refractivity contribution is 5.79. The maximum atomic E-state index is 5.71. The molecule has 1 rings (SSSR count). The summed E-state index contributed by atoms with van der Waals surface area (Å²) in [7, 11) is 3.43. The highest BCUT2D eigenvalue weighted by Gasteiger charge is 2.04. The van der Waals surface area contributed by atoms with Crippen molar-refractivity contribution in [3.63, 3.8) is 0 Å². The maximum absolute atomic E-state index is 5.71. The first-order valence-corrected chi connectivity index (χ1v) is 6.82. The molecule has 0 spiro atoms. The Hall–Kier alpha value is -1.75. The van der Waals surface area contributed by atoms with Gasteiger partial charge in [-0.3, -0.25) is 4.99 Å². The number of benzene rings is 1. The standard InChI is InChI=1S/C15H25N3O2/c1-12-7-5-6-8-14(12)20-10-9-17-15(16-3)18-13(2)11-19-4/h5-8,13H,9-11H2,1-4H3,(H2,16,17,18). The van der Waals surface area contributed by atoms with Crippen LogP contribution in [0, 0.1) is 6.92 Å². The third kappa shape index (κ3) is 5.93. The van der Waals surface area contributed by atoms with Gasteiger partial charge in [-0.05, 0) is 25.5 Å². The van der Waals surface area contributed by atoms with Crippen LogP contribution in [0.3, 0.4) is 0 Å². The van der Waals surface area contributed by atoms with Gasteiger partial charge in [0.15, 0.2) is 5.96 Å². The van der Waals surface area contributed by atoms with Crippen LogP contribution in [-0.4, -0.2) is 45.9 Å². The van der Waals surface area contributed by atoms with Crippen molar-refractivity contribution < 1.29 is 9.47 Å². The molecule has 0 saturated carbocycles. The molecule has 0 aliphatic carbocycles. The minimum Gasteiger partial charge on any atom is -0.491 e. The van der Waals surface area contributed by atoms with Gasteiger partial charge < -0.3 is 20.1 Å². The number of nitrogens with zero attached hydrogens (tertiary/aromatic N) is 1. The molecular weight excluding hydrogens is 254 g/mol. The second kappa shape index (κ2) is 9.20. The van der Waals surface area contributed by atoms with Gasteiger partial charge in [0.25, 0.3) is 0 Å².